The van der Waals surface area contributed by atoms with Gasteiger partial charge >= 0.3 is 5.97 Å². The maximum atomic E-state index is 11.9. The van der Waals surface area contributed by atoms with Crippen molar-refractivity contribution < 1.29 is 14.7 Å². The minimum Gasteiger partial charge on any atom is -0.481 e. The summed E-state index contributed by atoms with van der Waals surface area (Å²) in [5.41, 5.74) is 0. The number of hydrogen-bond acceptors (Lipinski definition) is 2. The molecule has 3 rings (SSSR count). The van der Waals surface area contributed by atoms with E-state index in [1.807, 2.05) is 0 Å². The summed E-state index contributed by atoms with van der Waals surface area (Å²) in [5, 5.41) is 11.9. The number of carboxylic acid groups (broad SMARTS) is 1. The van der Waals surface area contributed by atoms with Crippen molar-refractivity contribution in [2.75, 3.05) is 0 Å². The van der Waals surface area contributed by atoms with Gasteiger partial charge in [-0.05, 0) is 50.4 Å². The first-order valence-corrected chi connectivity index (χ1v) is 6.68. The molecule has 4 heteroatoms. The van der Waals surface area contributed by atoms with Gasteiger partial charge in [0.25, 0.3) is 0 Å². The molecule has 3 aliphatic carbocycles. The van der Waals surface area contributed by atoms with Crippen molar-refractivity contribution >= 4 is 11.9 Å². The Bertz CT molecular complexity index is 351. The average Bonchev–Trinajstić information content (AvgIpc) is 3.15. The smallest absolute Gasteiger partial charge is 0.306 e. The van der Waals surface area contributed by atoms with E-state index in [-0.39, 0.29) is 23.8 Å². The average molecular weight is 237 g/mol. The highest BCUT2D eigenvalue weighted by atomic mass is 16.4. The van der Waals surface area contributed by atoms with E-state index in [0.29, 0.717) is 18.8 Å². The molecule has 17 heavy (non-hydrogen) atoms. The summed E-state index contributed by atoms with van der Waals surface area (Å²) in [6.45, 7) is 0. The van der Waals surface area contributed by atoms with Crippen LogP contribution in [0.1, 0.15) is 38.5 Å². The van der Waals surface area contributed by atoms with E-state index in [9.17, 15) is 9.59 Å². The maximum absolute atomic E-state index is 11.9. The van der Waals surface area contributed by atoms with Crippen LogP contribution in [0.15, 0.2) is 0 Å². The second kappa shape index (κ2) is 4.00. The van der Waals surface area contributed by atoms with E-state index >= 15 is 0 Å². The van der Waals surface area contributed by atoms with E-state index in [1.54, 1.807) is 0 Å². The third-order valence-electron chi connectivity index (χ3n) is 4.53. The van der Waals surface area contributed by atoms with E-state index in [0.717, 1.165) is 18.8 Å². The SMILES string of the molecule is O=C(N[C@H]1CC[C@@H](C(=O)O)C1)C1CC1C1CC1. The summed E-state index contributed by atoms with van der Waals surface area (Å²) in [7, 11) is 0. The molecule has 0 aromatic carbocycles. The van der Waals surface area contributed by atoms with Crippen molar-refractivity contribution in [2.45, 2.75) is 44.6 Å². The Morgan fingerprint density at radius 2 is 1.82 bits per heavy atom. The van der Waals surface area contributed by atoms with Crippen molar-refractivity contribution in [3.8, 4) is 0 Å². The van der Waals surface area contributed by atoms with Crippen LogP contribution >= 0.6 is 0 Å². The van der Waals surface area contributed by atoms with Crippen LogP contribution in [-0.4, -0.2) is 23.0 Å². The van der Waals surface area contributed by atoms with Crippen molar-refractivity contribution in [3.63, 3.8) is 0 Å². The van der Waals surface area contributed by atoms with Crippen LogP contribution in [0.4, 0.5) is 0 Å². The lowest BCUT2D eigenvalue weighted by Gasteiger charge is -2.12. The fourth-order valence-electron chi connectivity index (χ4n) is 3.21. The number of nitrogens with one attached hydrogen (secondary N) is 1. The predicted octanol–water partition coefficient (Wildman–Crippen LogP) is 1.40. The molecule has 4 atom stereocenters. The van der Waals surface area contributed by atoms with Gasteiger partial charge in [-0.3, -0.25) is 9.59 Å². The molecule has 0 aromatic rings. The molecule has 2 N–H and O–H groups in total. The second-order valence-electron chi connectivity index (χ2n) is 5.90. The number of carbonyl (C=O) groups excluding carboxylic acids is 1. The zero-order chi connectivity index (χ0) is 12.0. The van der Waals surface area contributed by atoms with Crippen LogP contribution in [0, 0.1) is 23.7 Å². The molecule has 3 aliphatic rings. The molecule has 0 aliphatic heterocycles. The number of amides is 1. The standard InChI is InChI=1S/C13H19NO3/c15-12(11-6-10(11)7-1-2-7)14-9-4-3-8(5-9)13(16)17/h7-11H,1-6H2,(H,14,15)(H,16,17)/t8-,9+,10?,11?/m1/s1. The van der Waals surface area contributed by atoms with Crippen LogP contribution in [0.5, 0.6) is 0 Å². The fourth-order valence-corrected chi connectivity index (χ4v) is 3.21. The van der Waals surface area contributed by atoms with Crippen molar-refractivity contribution in [1.29, 1.82) is 0 Å². The second-order valence-corrected chi connectivity index (χ2v) is 5.90. The molecule has 1 amide bonds. The van der Waals surface area contributed by atoms with Gasteiger partial charge in [0.1, 0.15) is 0 Å². The zero-order valence-corrected chi connectivity index (χ0v) is 9.89. The Kier molecular flexibility index (Phi) is 2.60. The minimum atomic E-state index is -0.718. The minimum absolute atomic E-state index is 0.101. The Morgan fingerprint density at radius 1 is 1.06 bits per heavy atom. The molecule has 3 fully saturated rings. The van der Waals surface area contributed by atoms with Gasteiger partial charge in [0.15, 0.2) is 0 Å². The van der Waals surface area contributed by atoms with Gasteiger partial charge in [0.2, 0.25) is 5.91 Å². The van der Waals surface area contributed by atoms with Crippen LogP contribution in [0.3, 0.4) is 0 Å². The highest BCUT2D eigenvalue weighted by Crippen LogP contribution is 2.54. The van der Waals surface area contributed by atoms with Gasteiger partial charge in [-0.25, -0.2) is 0 Å². The van der Waals surface area contributed by atoms with Crippen molar-refractivity contribution in [1.82, 2.24) is 5.32 Å². The van der Waals surface area contributed by atoms with E-state index in [2.05, 4.69) is 5.32 Å². The quantitative estimate of drug-likeness (QED) is 0.776. The monoisotopic (exact) mass is 237 g/mol. The predicted molar refractivity (Wildman–Crippen MR) is 61.2 cm³/mol. The van der Waals surface area contributed by atoms with E-state index in [4.69, 9.17) is 5.11 Å². The molecule has 0 spiro atoms. The molecule has 0 saturated heterocycles. The van der Waals surface area contributed by atoms with Gasteiger partial charge in [-0.2, -0.15) is 0 Å². The highest BCUT2D eigenvalue weighted by Gasteiger charge is 2.51. The van der Waals surface area contributed by atoms with Crippen molar-refractivity contribution in [2.24, 2.45) is 23.7 Å². The Hall–Kier alpha value is -1.06. The normalized spacial score (nSPS) is 40.0. The number of carbonyl (C=O) groups is 2. The first-order chi connectivity index (χ1) is 8.15. The lowest BCUT2D eigenvalue weighted by Crippen LogP contribution is -2.34. The number of aliphatic carboxylic acids is 1. The number of carboxylic acids is 1. The molecule has 0 radical (unpaired) electrons. The van der Waals surface area contributed by atoms with Crippen LogP contribution in [0.25, 0.3) is 0 Å². The topological polar surface area (TPSA) is 66.4 Å². The molecule has 0 bridgehead atoms. The van der Waals surface area contributed by atoms with Gasteiger partial charge < -0.3 is 10.4 Å². The van der Waals surface area contributed by atoms with Gasteiger partial charge in [-0.15, -0.1) is 0 Å². The third kappa shape index (κ3) is 2.31. The number of rotatable bonds is 4. The van der Waals surface area contributed by atoms with Gasteiger partial charge in [0.05, 0.1) is 5.92 Å². The molecule has 94 valence electrons. The first kappa shape index (κ1) is 11.1. The Labute approximate surface area is 101 Å². The summed E-state index contributed by atoms with van der Waals surface area (Å²) in [5.74, 6) is 0.917. The Morgan fingerprint density at radius 3 is 2.41 bits per heavy atom. The van der Waals surface area contributed by atoms with E-state index in [1.165, 1.54) is 12.8 Å². The molecular weight excluding hydrogens is 218 g/mol. The summed E-state index contributed by atoms with van der Waals surface area (Å²) >= 11 is 0. The molecule has 2 unspecified atom stereocenters. The van der Waals surface area contributed by atoms with Gasteiger partial charge in [0, 0.05) is 12.0 Å². The summed E-state index contributed by atoms with van der Waals surface area (Å²) < 4.78 is 0. The third-order valence-corrected chi connectivity index (χ3v) is 4.53. The van der Waals surface area contributed by atoms with Crippen LogP contribution in [-0.2, 0) is 9.59 Å². The highest BCUT2D eigenvalue weighted by molar-refractivity contribution is 5.82. The summed E-state index contributed by atoms with van der Waals surface area (Å²) in [6, 6.07) is 0.101. The first-order valence-electron chi connectivity index (χ1n) is 6.68. The zero-order valence-electron chi connectivity index (χ0n) is 9.89. The molecule has 3 saturated carbocycles. The van der Waals surface area contributed by atoms with E-state index < -0.39 is 5.97 Å². The lowest BCUT2D eigenvalue weighted by molar-refractivity contribution is -0.141. The Balaban J connectivity index is 1.45. The van der Waals surface area contributed by atoms with Crippen LogP contribution < -0.4 is 5.32 Å². The largest absolute Gasteiger partial charge is 0.481 e. The molecular formula is C13H19NO3. The molecule has 0 aromatic heterocycles. The number of hydrogen-bond donors (Lipinski definition) is 2. The maximum Gasteiger partial charge on any atom is 0.306 e. The van der Waals surface area contributed by atoms with Crippen LogP contribution in [0.2, 0.25) is 0 Å². The summed E-state index contributed by atoms with van der Waals surface area (Å²) in [6.07, 6.45) is 5.81. The van der Waals surface area contributed by atoms with Gasteiger partial charge in [-0.1, -0.05) is 0 Å². The van der Waals surface area contributed by atoms with Crippen molar-refractivity contribution in [3.05, 3.63) is 0 Å². The summed E-state index contributed by atoms with van der Waals surface area (Å²) in [4.78, 5) is 22.7. The molecule has 0 heterocycles. The molecule has 4 nitrogen and oxygen atoms in total. The lowest BCUT2D eigenvalue weighted by atomic mass is 10.1. The fraction of sp³-hybridized carbons (Fsp3) is 0.846.